The fraction of sp³-hybridized carbons (Fsp3) is 0.250. The SMILES string of the molecule is Cc1c(Br)c(=O)n(-c2ccc(C(F)(F)F)cc2)n1C. The molecule has 0 aliphatic carbocycles. The van der Waals surface area contributed by atoms with Crippen LogP contribution in [0, 0.1) is 6.92 Å². The largest absolute Gasteiger partial charge is 0.416 e. The monoisotopic (exact) mass is 334 g/mol. The molecule has 0 atom stereocenters. The number of hydrogen-bond donors (Lipinski definition) is 0. The van der Waals surface area contributed by atoms with Gasteiger partial charge in [-0.3, -0.25) is 9.48 Å². The first-order valence-corrected chi connectivity index (χ1v) is 6.14. The van der Waals surface area contributed by atoms with Gasteiger partial charge in [-0.15, -0.1) is 0 Å². The first-order valence-electron chi connectivity index (χ1n) is 5.35. The van der Waals surface area contributed by atoms with Gasteiger partial charge in [0.05, 0.1) is 16.9 Å². The standard InChI is InChI=1S/C12H10BrF3N2O/c1-7-10(13)11(19)18(17(7)2)9-5-3-8(4-6-9)12(14,15)16/h3-6H,1-2H3. The van der Waals surface area contributed by atoms with E-state index in [4.69, 9.17) is 0 Å². The van der Waals surface area contributed by atoms with Crippen molar-refractivity contribution in [3.8, 4) is 5.69 Å². The Kier molecular flexibility index (Phi) is 3.34. The second kappa shape index (κ2) is 4.56. The number of aromatic nitrogens is 2. The first kappa shape index (κ1) is 13.9. The lowest BCUT2D eigenvalue weighted by Gasteiger charge is -2.10. The smallest absolute Gasteiger partial charge is 0.284 e. The van der Waals surface area contributed by atoms with Gasteiger partial charge in [0.1, 0.15) is 4.47 Å². The van der Waals surface area contributed by atoms with Crippen molar-refractivity contribution in [3.63, 3.8) is 0 Å². The van der Waals surface area contributed by atoms with Crippen molar-refractivity contribution in [1.29, 1.82) is 0 Å². The zero-order chi connectivity index (χ0) is 14.4. The molecule has 0 radical (unpaired) electrons. The number of nitrogens with zero attached hydrogens (tertiary/aromatic N) is 2. The topological polar surface area (TPSA) is 26.9 Å². The molecular weight excluding hydrogens is 325 g/mol. The van der Waals surface area contributed by atoms with Crippen LogP contribution in [-0.2, 0) is 13.2 Å². The lowest BCUT2D eigenvalue weighted by atomic mass is 10.2. The van der Waals surface area contributed by atoms with Crippen molar-refractivity contribution in [3.05, 3.63) is 50.3 Å². The quantitative estimate of drug-likeness (QED) is 0.786. The normalized spacial score (nSPS) is 11.9. The molecular formula is C12H10BrF3N2O. The van der Waals surface area contributed by atoms with Crippen molar-refractivity contribution in [1.82, 2.24) is 9.36 Å². The molecule has 0 N–H and O–H groups in total. The van der Waals surface area contributed by atoms with Gasteiger partial charge in [-0.2, -0.15) is 13.2 Å². The second-order valence-electron chi connectivity index (χ2n) is 4.08. The molecule has 0 fully saturated rings. The summed E-state index contributed by atoms with van der Waals surface area (Å²) in [5.74, 6) is 0. The first-order chi connectivity index (χ1) is 8.73. The molecule has 0 unspecified atom stereocenters. The summed E-state index contributed by atoms with van der Waals surface area (Å²) in [6, 6.07) is 4.46. The molecule has 0 saturated carbocycles. The van der Waals surface area contributed by atoms with Gasteiger partial charge in [0.2, 0.25) is 0 Å². The maximum absolute atomic E-state index is 12.5. The second-order valence-corrected chi connectivity index (χ2v) is 4.88. The van der Waals surface area contributed by atoms with Crippen LogP contribution in [0.1, 0.15) is 11.3 Å². The Bertz CT molecular complexity index is 668. The third kappa shape index (κ3) is 2.34. The average Bonchev–Trinajstić information content (AvgIpc) is 2.53. The third-order valence-electron chi connectivity index (χ3n) is 2.92. The van der Waals surface area contributed by atoms with E-state index >= 15 is 0 Å². The zero-order valence-electron chi connectivity index (χ0n) is 10.1. The summed E-state index contributed by atoms with van der Waals surface area (Å²) < 4.78 is 40.7. The summed E-state index contributed by atoms with van der Waals surface area (Å²) in [5.41, 5.74) is 0.0354. The molecule has 0 amide bonds. The minimum atomic E-state index is -4.38. The van der Waals surface area contributed by atoms with Gasteiger partial charge < -0.3 is 0 Å². The number of rotatable bonds is 1. The van der Waals surface area contributed by atoms with E-state index in [9.17, 15) is 18.0 Å². The zero-order valence-corrected chi connectivity index (χ0v) is 11.7. The van der Waals surface area contributed by atoms with Crippen molar-refractivity contribution in [2.75, 3.05) is 0 Å². The van der Waals surface area contributed by atoms with Crippen LogP contribution < -0.4 is 5.56 Å². The van der Waals surface area contributed by atoms with E-state index in [1.54, 1.807) is 18.7 Å². The predicted octanol–water partition coefficient (Wildman–Crippen LogP) is 3.27. The fourth-order valence-electron chi connectivity index (χ4n) is 1.76. The molecule has 0 bridgehead atoms. The Morgan fingerprint density at radius 2 is 1.68 bits per heavy atom. The average molecular weight is 335 g/mol. The molecule has 0 saturated heterocycles. The van der Waals surface area contributed by atoms with Gasteiger partial charge >= 0.3 is 6.18 Å². The van der Waals surface area contributed by atoms with Crippen LogP contribution in [-0.4, -0.2) is 9.36 Å². The highest BCUT2D eigenvalue weighted by atomic mass is 79.9. The lowest BCUT2D eigenvalue weighted by Crippen LogP contribution is -2.20. The van der Waals surface area contributed by atoms with Crippen LogP contribution in [0.15, 0.2) is 33.5 Å². The maximum Gasteiger partial charge on any atom is 0.416 e. The molecule has 3 nitrogen and oxygen atoms in total. The van der Waals surface area contributed by atoms with Crippen molar-refractivity contribution >= 4 is 15.9 Å². The molecule has 2 aromatic rings. The highest BCUT2D eigenvalue weighted by Gasteiger charge is 2.30. The lowest BCUT2D eigenvalue weighted by molar-refractivity contribution is -0.137. The van der Waals surface area contributed by atoms with Crippen molar-refractivity contribution in [2.24, 2.45) is 7.05 Å². The Hall–Kier alpha value is -1.50. The maximum atomic E-state index is 12.5. The van der Waals surface area contributed by atoms with Gasteiger partial charge in [0.15, 0.2) is 0 Å². The molecule has 1 aromatic carbocycles. The summed E-state index contributed by atoms with van der Waals surface area (Å²) in [5, 5.41) is 0. The van der Waals surface area contributed by atoms with Crippen LogP contribution in [0.2, 0.25) is 0 Å². The molecule has 19 heavy (non-hydrogen) atoms. The van der Waals surface area contributed by atoms with Gasteiger partial charge in [0, 0.05) is 7.05 Å². The number of alkyl halides is 3. The summed E-state index contributed by atoms with van der Waals surface area (Å²) in [4.78, 5) is 12.0. The van der Waals surface area contributed by atoms with Gasteiger partial charge in [-0.25, -0.2) is 4.68 Å². The van der Waals surface area contributed by atoms with Crippen LogP contribution in [0.25, 0.3) is 5.69 Å². The molecule has 0 aliphatic heterocycles. The van der Waals surface area contributed by atoms with Gasteiger partial charge in [-0.1, -0.05) is 0 Å². The van der Waals surface area contributed by atoms with E-state index in [1.807, 2.05) is 0 Å². The Morgan fingerprint density at radius 3 is 2.05 bits per heavy atom. The van der Waals surface area contributed by atoms with Gasteiger partial charge in [-0.05, 0) is 47.1 Å². The Balaban J connectivity index is 2.56. The van der Waals surface area contributed by atoms with E-state index in [0.717, 1.165) is 12.1 Å². The summed E-state index contributed by atoms with van der Waals surface area (Å²) >= 11 is 3.16. The fourth-order valence-corrected chi connectivity index (χ4v) is 2.18. The highest BCUT2D eigenvalue weighted by Crippen LogP contribution is 2.29. The van der Waals surface area contributed by atoms with E-state index < -0.39 is 11.7 Å². The molecule has 102 valence electrons. The van der Waals surface area contributed by atoms with Crippen molar-refractivity contribution in [2.45, 2.75) is 13.1 Å². The van der Waals surface area contributed by atoms with Gasteiger partial charge in [0.25, 0.3) is 5.56 Å². The Morgan fingerprint density at radius 1 is 1.16 bits per heavy atom. The van der Waals surface area contributed by atoms with Crippen LogP contribution in [0.5, 0.6) is 0 Å². The summed E-state index contributed by atoms with van der Waals surface area (Å²) in [6.45, 7) is 1.74. The Labute approximate surface area is 115 Å². The molecule has 1 aromatic heterocycles. The van der Waals surface area contributed by atoms with E-state index in [1.165, 1.54) is 16.8 Å². The highest BCUT2D eigenvalue weighted by molar-refractivity contribution is 9.10. The van der Waals surface area contributed by atoms with Crippen molar-refractivity contribution < 1.29 is 13.2 Å². The predicted molar refractivity (Wildman–Crippen MR) is 68.4 cm³/mol. The third-order valence-corrected chi connectivity index (χ3v) is 3.84. The van der Waals surface area contributed by atoms with Crippen LogP contribution >= 0.6 is 15.9 Å². The molecule has 1 heterocycles. The minimum absolute atomic E-state index is 0.306. The van der Waals surface area contributed by atoms with Crippen LogP contribution in [0.3, 0.4) is 0 Å². The van der Waals surface area contributed by atoms with Crippen LogP contribution in [0.4, 0.5) is 13.2 Å². The van der Waals surface area contributed by atoms with E-state index in [-0.39, 0.29) is 5.56 Å². The molecule has 2 rings (SSSR count). The van der Waals surface area contributed by atoms with E-state index in [0.29, 0.717) is 15.9 Å². The molecule has 0 aliphatic rings. The summed E-state index contributed by atoms with van der Waals surface area (Å²) in [6.07, 6.45) is -4.38. The number of hydrogen-bond acceptors (Lipinski definition) is 1. The number of benzene rings is 1. The summed E-state index contributed by atoms with van der Waals surface area (Å²) in [7, 11) is 1.67. The van der Waals surface area contributed by atoms with E-state index in [2.05, 4.69) is 15.9 Å². The minimum Gasteiger partial charge on any atom is -0.284 e. The number of halogens is 4. The molecule has 7 heteroatoms. The molecule has 0 spiro atoms.